The summed E-state index contributed by atoms with van der Waals surface area (Å²) in [5.74, 6) is 1.04. The Bertz CT molecular complexity index is 1090. The molecule has 0 unspecified atom stereocenters. The number of aliphatic hydroxyl groups is 1. The Morgan fingerprint density at radius 1 is 1.12 bits per heavy atom. The van der Waals surface area contributed by atoms with Crippen LogP contribution in [0.3, 0.4) is 0 Å². The summed E-state index contributed by atoms with van der Waals surface area (Å²) in [6.45, 7) is 2.01. The predicted octanol–water partition coefficient (Wildman–Crippen LogP) is 4.14. The molecule has 3 heterocycles. The molecule has 1 fully saturated rings. The zero-order valence-electron chi connectivity index (χ0n) is 17.6. The summed E-state index contributed by atoms with van der Waals surface area (Å²) in [6.07, 6.45) is 8.32. The molecule has 0 spiro atoms. The van der Waals surface area contributed by atoms with Crippen LogP contribution < -0.4 is 10.2 Å². The van der Waals surface area contributed by atoms with Crippen LogP contribution in [-0.2, 0) is 4.79 Å². The van der Waals surface area contributed by atoms with Crippen LogP contribution in [-0.4, -0.2) is 40.7 Å². The van der Waals surface area contributed by atoms with E-state index in [1.165, 1.54) is 18.2 Å². The summed E-state index contributed by atoms with van der Waals surface area (Å²) in [4.78, 5) is 23.2. The molecule has 6 nitrogen and oxygen atoms in total. The van der Waals surface area contributed by atoms with Gasteiger partial charge in [0.15, 0.2) is 0 Å². The number of nitrogens with zero attached hydrogens (tertiary/aromatic N) is 3. The molecule has 0 aliphatic carbocycles. The van der Waals surface area contributed by atoms with Crippen molar-refractivity contribution in [2.24, 2.45) is 5.92 Å². The quantitative estimate of drug-likeness (QED) is 0.573. The molecule has 1 aromatic carbocycles. The fraction of sp³-hybridized carbons (Fsp3) is 0.240. The molecule has 0 saturated carbocycles. The second-order valence-electron chi connectivity index (χ2n) is 7.83. The maximum Gasteiger partial charge on any atom is 0.249 e. The number of aromatic nitrogens is 2. The van der Waals surface area contributed by atoms with E-state index >= 15 is 0 Å². The molecule has 1 saturated heterocycles. The van der Waals surface area contributed by atoms with Gasteiger partial charge in [0.1, 0.15) is 17.5 Å². The van der Waals surface area contributed by atoms with E-state index in [1.54, 1.807) is 36.7 Å². The lowest BCUT2D eigenvalue weighted by Gasteiger charge is -2.32. The molecule has 0 bridgehead atoms. The number of pyridine rings is 2. The Morgan fingerprint density at radius 2 is 1.97 bits per heavy atom. The molecule has 2 aromatic heterocycles. The van der Waals surface area contributed by atoms with E-state index in [9.17, 15) is 14.3 Å². The van der Waals surface area contributed by atoms with E-state index in [1.807, 2.05) is 18.2 Å². The number of benzene rings is 1. The van der Waals surface area contributed by atoms with Gasteiger partial charge in [0.05, 0.1) is 0 Å². The number of anilines is 2. The summed E-state index contributed by atoms with van der Waals surface area (Å²) in [5, 5.41) is 12.0. The first-order valence-corrected chi connectivity index (χ1v) is 10.6. The zero-order chi connectivity index (χ0) is 22.3. The molecule has 1 aliphatic heterocycles. The van der Waals surface area contributed by atoms with Gasteiger partial charge in [-0.15, -0.1) is 0 Å². The van der Waals surface area contributed by atoms with Crippen molar-refractivity contribution in [3.8, 4) is 11.1 Å². The number of hydrogen-bond donors (Lipinski definition) is 2. The fourth-order valence-corrected chi connectivity index (χ4v) is 3.70. The summed E-state index contributed by atoms with van der Waals surface area (Å²) in [6, 6.07) is 13.6. The molecule has 1 aliphatic rings. The predicted molar refractivity (Wildman–Crippen MR) is 124 cm³/mol. The van der Waals surface area contributed by atoms with Gasteiger partial charge in [0, 0.05) is 43.7 Å². The van der Waals surface area contributed by atoms with Crippen LogP contribution >= 0.6 is 0 Å². The van der Waals surface area contributed by atoms with Gasteiger partial charge in [-0.1, -0.05) is 12.1 Å². The van der Waals surface area contributed by atoms with Crippen molar-refractivity contribution in [2.75, 3.05) is 29.9 Å². The average Bonchev–Trinajstić information content (AvgIpc) is 2.83. The van der Waals surface area contributed by atoms with Crippen molar-refractivity contribution in [3.63, 3.8) is 0 Å². The summed E-state index contributed by atoms with van der Waals surface area (Å²) in [7, 11) is 0. The molecule has 4 rings (SSSR count). The van der Waals surface area contributed by atoms with Crippen LogP contribution in [0.25, 0.3) is 17.2 Å². The topological polar surface area (TPSA) is 78.4 Å². The minimum atomic E-state index is -0.348. The van der Waals surface area contributed by atoms with Crippen molar-refractivity contribution < 1.29 is 14.3 Å². The molecule has 0 radical (unpaired) electrons. The third-order valence-corrected chi connectivity index (χ3v) is 5.57. The van der Waals surface area contributed by atoms with Gasteiger partial charge < -0.3 is 15.3 Å². The Balaban J connectivity index is 1.39. The van der Waals surface area contributed by atoms with Crippen molar-refractivity contribution in [1.29, 1.82) is 0 Å². The molecule has 0 atom stereocenters. The standard InChI is InChI=1S/C25H25FN4O2/c26-22-3-1-2-18(14-22)4-7-25(32)29-23-6-5-21(16-28-23)20-8-11-27-24(15-20)30-12-9-19(17-31)10-13-30/h1-8,11,14-16,19,31H,9-10,12-13,17H2,(H,28,29,32)/b7-4+. The highest BCUT2D eigenvalue weighted by atomic mass is 19.1. The van der Waals surface area contributed by atoms with E-state index < -0.39 is 0 Å². The summed E-state index contributed by atoms with van der Waals surface area (Å²) >= 11 is 0. The minimum absolute atomic E-state index is 0.246. The van der Waals surface area contributed by atoms with Crippen LogP contribution in [0.15, 0.2) is 67.0 Å². The SMILES string of the molecule is O=C(/C=C/c1cccc(F)c1)Nc1ccc(-c2ccnc(N3CCC(CO)CC3)c2)cn1. The largest absolute Gasteiger partial charge is 0.396 e. The summed E-state index contributed by atoms with van der Waals surface area (Å²) in [5.41, 5.74) is 2.53. The van der Waals surface area contributed by atoms with Crippen LogP contribution in [0.1, 0.15) is 18.4 Å². The number of piperidine rings is 1. The van der Waals surface area contributed by atoms with E-state index in [-0.39, 0.29) is 18.3 Å². The van der Waals surface area contributed by atoms with Gasteiger partial charge in [-0.25, -0.2) is 14.4 Å². The molecule has 2 N–H and O–H groups in total. The number of carbonyl (C=O) groups is 1. The van der Waals surface area contributed by atoms with Gasteiger partial charge in [-0.05, 0) is 72.4 Å². The minimum Gasteiger partial charge on any atom is -0.396 e. The van der Waals surface area contributed by atoms with Gasteiger partial charge in [-0.2, -0.15) is 0 Å². The molecule has 7 heteroatoms. The molecule has 32 heavy (non-hydrogen) atoms. The van der Waals surface area contributed by atoms with Crippen LogP contribution in [0.4, 0.5) is 16.0 Å². The number of amides is 1. The highest BCUT2D eigenvalue weighted by molar-refractivity contribution is 6.01. The average molecular weight is 432 g/mol. The first-order valence-electron chi connectivity index (χ1n) is 10.6. The lowest BCUT2D eigenvalue weighted by molar-refractivity contribution is -0.111. The monoisotopic (exact) mass is 432 g/mol. The first kappa shape index (κ1) is 21.6. The van der Waals surface area contributed by atoms with E-state index in [2.05, 4.69) is 20.2 Å². The van der Waals surface area contributed by atoms with Gasteiger partial charge in [-0.3, -0.25) is 4.79 Å². The highest BCUT2D eigenvalue weighted by Crippen LogP contribution is 2.26. The second kappa shape index (κ2) is 10.2. The molecular formula is C25H25FN4O2. The fourth-order valence-electron chi connectivity index (χ4n) is 3.70. The Kier molecular flexibility index (Phi) is 6.87. The van der Waals surface area contributed by atoms with Crippen molar-refractivity contribution in [2.45, 2.75) is 12.8 Å². The normalized spacial score (nSPS) is 14.6. The van der Waals surface area contributed by atoms with Gasteiger partial charge in [0.2, 0.25) is 5.91 Å². The number of hydrogen-bond acceptors (Lipinski definition) is 5. The maximum atomic E-state index is 13.2. The lowest BCUT2D eigenvalue weighted by atomic mass is 9.98. The van der Waals surface area contributed by atoms with Crippen molar-refractivity contribution >= 4 is 23.6 Å². The van der Waals surface area contributed by atoms with Crippen molar-refractivity contribution in [3.05, 3.63) is 78.4 Å². The Labute approximate surface area is 186 Å². The van der Waals surface area contributed by atoms with Gasteiger partial charge >= 0.3 is 0 Å². The molecule has 1 amide bonds. The number of halogens is 1. The molecule has 3 aromatic rings. The van der Waals surface area contributed by atoms with E-state index in [0.717, 1.165) is 42.9 Å². The van der Waals surface area contributed by atoms with E-state index in [4.69, 9.17) is 0 Å². The van der Waals surface area contributed by atoms with E-state index in [0.29, 0.717) is 17.3 Å². The third kappa shape index (κ3) is 5.56. The second-order valence-corrected chi connectivity index (χ2v) is 7.83. The van der Waals surface area contributed by atoms with Crippen molar-refractivity contribution in [1.82, 2.24) is 9.97 Å². The molecular weight excluding hydrogens is 407 g/mol. The number of nitrogens with one attached hydrogen (secondary N) is 1. The Hall–Kier alpha value is -3.58. The highest BCUT2D eigenvalue weighted by Gasteiger charge is 2.19. The Morgan fingerprint density at radius 3 is 2.69 bits per heavy atom. The maximum absolute atomic E-state index is 13.2. The summed E-state index contributed by atoms with van der Waals surface area (Å²) < 4.78 is 13.2. The first-order chi connectivity index (χ1) is 15.6. The number of rotatable bonds is 6. The lowest BCUT2D eigenvalue weighted by Crippen LogP contribution is -2.35. The zero-order valence-corrected chi connectivity index (χ0v) is 17.6. The number of carbonyl (C=O) groups excluding carboxylic acids is 1. The molecule has 164 valence electrons. The van der Waals surface area contributed by atoms with Crippen LogP contribution in [0.2, 0.25) is 0 Å². The third-order valence-electron chi connectivity index (χ3n) is 5.57. The van der Waals surface area contributed by atoms with Gasteiger partial charge in [0.25, 0.3) is 0 Å². The number of aliphatic hydroxyl groups excluding tert-OH is 1. The van der Waals surface area contributed by atoms with Crippen LogP contribution in [0, 0.1) is 11.7 Å². The van der Waals surface area contributed by atoms with Crippen LogP contribution in [0.5, 0.6) is 0 Å². The smallest absolute Gasteiger partial charge is 0.249 e.